The maximum atomic E-state index is 12.3. The molecule has 138 valence electrons. The second-order valence-corrected chi connectivity index (χ2v) is 7.55. The molecule has 5 nitrogen and oxygen atoms in total. The number of piperidine rings is 1. The van der Waals surface area contributed by atoms with Crippen LogP contribution in [0.4, 0.5) is 4.79 Å². The van der Waals surface area contributed by atoms with Gasteiger partial charge < -0.3 is 15.0 Å². The third kappa shape index (κ3) is 5.44. The fourth-order valence-electron chi connectivity index (χ4n) is 4.00. The number of benzene rings is 1. The highest BCUT2D eigenvalue weighted by atomic mass is 16.5. The number of likely N-dealkylation sites (tertiary alicyclic amines) is 1. The number of urea groups is 1. The summed E-state index contributed by atoms with van der Waals surface area (Å²) < 4.78 is 5.81. The van der Waals surface area contributed by atoms with Crippen molar-refractivity contribution in [3.05, 3.63) is 35.9 Å². The van der Waals surface area contributed by atoms with Crippen LogP contribution in [0.5, 0.6) is 0 Å². The molecule has 5 heteroatoms. The third-order valence-electron chi connectivity index (χ3n) is 5.20. The number of nitrogens with one attached hydrogen (secondary N) is 1. The van der Waals surface area contributed by atoms with Gasteiger partial charge in [-0.1, -0.05) is 30.3 Å². The van der Waals surface area contributed by atoms with Gasteiger partial charge in [-0.25, -0.2) is 4.79 Å². The second-order valence-electron chi connectivity index (χ2n) is 7.55. The van der Waals surface area contributed by atoms with Gasteiger partial charge in [0.05, 0.1) is 12.2 Å². The highest BCUT2D eigenvalue weighted by Crippen LogP contribution is 2.21. The molecule has 2 heterocycles. The lowest BCUT2D eigenvalue weighted by Crippen LogP contribution is -2.49. The number of hydrogen-bond acceptors (Lipinski definition) is 3. The van der Waals surface area contributed by atoms with Crippen LogP contribution in [0, 0.1) is 5.92 Å². The molecule has 1 aromatic carbocycles. The molecule has 0 saturated carbocycles. The molecule has 3 rings (SSSR count). The van der Waals surface area contributed by atoms with E-state index in [1.165, 1.54) is 0 Å². The number of amides is 2. The van der Waals surface area contributed by atoms with Crippen LogP contribution in [-0.2, 0) is 11.3 Å². The summed E-state index contributed by atoms with van der Waals surface area (Å²) in [6.07, 6.45) is 2.85. The lowest BCUT2D eigenvalue weighted by Gasteiger charge is -2.39. The highest BCUT2D eigenvalue weighted by molar-refractivity contribution is 5.74. The number of nitrogens with zero attached hydrogens (tertiary/aromatic N) is 2. The average molecular weight is 345 g/mol. The smallest absolute Gasteiger partial charge is 0.317 e. The molecule has 2 aliphatic rings. The lowest BCUT2D eigenvalue weighted by molar-refractivity contribution is -0.0728. The zero-order valence-corrected chi connectivity index (χ0v) is 15.5. The Kier molecular flexibility index (Phi) is 6.32. The van der Waals surface area contributed by atoms with E-state index in [9.17, 15) is 4.79 Å². The van der Waals surface area contributed by atoms with E-state index in [2.05, 4.69) is 24.1 Å². The van der Waals surface area contributed by atoms with Crippen molar-refractivity contribution in [2.75, 3.05) is 32.7 Å². The van der Waals surface area contributed by atoms with Crippen molar-refractivity contribution < 1.29 is 9.53 Å². The number of ether oxygens (including phenoxy) is 1. The first-order valence-electron chi connectivity index (χ1n) is 9.54. The molecule has 0 radical (unpaired) electrons. The predicted octanol–water partition coefficient (Wildman–Crippen LogP) is 2.72. The molecule has 2 amide bonds. The first kappa shape index (κ1) is 18.2. The molecule has 0 spiro atoms. The van der Waals surface area contributed by atoms with Crippen molar-refractivity contribution in [1.29, 1.82) is 0 Å². The van der Waals surface area contributed by atoms with Crippen molar-refractivity contribution in [2.45, 2.75) is 45.4 Å². The number of rotatable bonds is 4. The normalized spacial score (nSPS) is 25.8. The molecule has 2 aliphatic heterocycles. The van der Waals surface area contributed by atoms with Crippen LogP contribution in [0.15, 0.2) is 30.3 Å². The van der Waals surface area contributed by atoms with Crippen LogP contribution < -0.4 is 5.32 Å². The van der Waals surface area contributed by atoms with Gasteiger partial charge in [-0.3, -0.25) is 4.90 Å². The van der Waals surface area contributed by atoms with Crippen LogP contribution in [0.25, 0.3) is 0 Å². The van der Waals surface area contributed by atoms with Crippen LogP contribution in [0.2, 0.25) is 0 Å². The number of carbonyl (C=O) groups is 1. The van der Waals surface area contributed by atoms with Gasteiger partial charge in [-0.2, -0.15) is 0 Å². The second kappa shape index (κ2) is 8.68. The zero-order chi connectivity index (χ0) is 17.6. The molecule has 0 aliphatic carbocycles. The monoisotopic (exact) mass is 345 g/mol. The quantitative estimate of drug-likeness (QED) is 0.913. The molecule has 0 unspecified atom stereocenters. The molecular formula is C20H31N3O2. The summed E-state index contributed by atoms with van der Waals surface area (Å²) in [5.74, 6) is 0.690. The minimum absolute atomic E-state index is 0.0657. The largest absolute Gasteiger partial charge is 0.373 e. The Balaban J connectivity index is 1.38. The summed E-state index contributed by atoms with van der Waals surface area (Å²) in [7, 11) is 0. The first-order chi connectivity index (χ1) is 12.1. The summed E-state index contributed by atoms with van der Waals surface area (Å²) in [5, 5.41) is 3.04. The summed E-state index contributed by atoms with van der Waals surface area (Å²) in [5.41, 5.74) is 1.14. The minimum atomic E-state index is 0.0657. The molecule has 0 aromatic heterocycles. The van der Waals surface area contributed by atoms with E-state index in [1.807, 2.05) is 35.2 Å². The maximum Gasteiger partial charge on any atom is 0.317 e. The molecule has 1 N–H and O–H groups in total. The van der Waals surface area contributed by atoms with Crippen molar-refractivity contribution in [1.82, 2.24) is 15.1 Å². The minimum Gasteiger partial charge on any atom is -0.373 e. The molecule has 25 heavy (non-hydrogen) atoms. The van der Waals surface area contributed by atoms with Crippen LogP contribution in [0.1, 0.15) is 32.3 Å². The Hall–Kier alpha value is -1.59. The maximum absolute atomic E-state index is 12.3. The number of morpholine rings is 1. The van der Waals surface area contributed by atoms with Crippen molar-refractivity contribution >= 4 is 6.03 Å². The summed E-state index contributed by atoms with van der Waals surface area (Å²) in [6.45, 7) is 9.83. The zero-order valence-electron chi connectivity index (χ0n) is 15.5. The topological polar surface area (TPSA) is 44.8 Å². The average Bonchev–Trinajstić information content (AvgIpc) is 2.60. The van der Waals surface area contributed by atoms with Gasteiger partial charge in [0.1, 0.15) is 0 Å². The van der Waals surface area contributed by atoms with Crippen LogP contribution >= 0.6 is 0 Å². The highest BCUT2D eigenvalue weighted by Gasteiger charge is 2.27. The Morgan fingerprint density at radius 2 is 1.76 bits per heavy atom. The van der Waals surface area contributed by atoms with Gasteiger partial charge in [0.2, 0.25) is 0 Å². The SMILES string of the molecule is C[C@@H]1CN(CC2CCN(C(=O)NCc3ccccc3)CC2)C[C@H](C)O1. The Labute approximate surface area is 151 Å². The number of carbonyl (C=O) groups excluding carboxylic acids is 1. The standard InChI is InChI=1S/C20H31N3O2/c1-16-13-22(14-17(2)25-16)15-19-8-10-23(11-9-19)20(24)21-12-18-6-4-3-5-7-18/h3-7,16-17,19H,8-15H2,1-2H3,(H,21,24)/t16-,17+. The lowest BCUT2D eigenvalue weighted by atomic mass is 9.96. The van der Waals surface area contributed by atoms with E-state index in [0.717, 1.165) is 51.1 Å². The first-order valence-corrected chi connectivity index (χ1v) is 9.54. The molecule has 1 aromatic rings. The van der Waals surface area contributed by atoms with E-state index < -0.39 is 0 Å². The van der Waals surface area contributed by atoms with E-state index in [4.69, 9.17) is 4.74 Å². The van der Waals surface area contributed by atoms with Gasteiger partial charge in [0, 0.05) is 39.3 Å². The van der Waals surface area contributed by atoms with E-state index in [0.29, 0.717) is 24.7 Å². The van der Waals surface area contributed by atoms with Crippen molar-refractivity contribution in [3.63, 3.8) is 0 Å². The third-order valence-corrected chi connectivity index (χ3v) is 5.20. The van der Waals surface area contributed by atoms with E-state index in [-0.39, 0.29) is 6.03 Å². The van der Waals surface area contributed by atoms with Crippen LogP contribution in [-0.4, -0.2) is 60.8 Å². The fourth-order valence-corrected chi connectivity index (χ4v) is 4.00. The van der Waals surface area contributed by atoms with E-state index >= 15 is 0 Å². The summed E-state index contributed by atoms with van der Waals surface area (Å²) >= 11 is 0. The molecule has 2 fully saturated rings. The summed E-state index contributed by atoms with van der Waals surface area (Å²) in [4.78, 5) is 16.8. The Bertz CT molecular complexity index is 533. The van der Waals surface area contributed by atoms with Gasteiger partial charge in [0.25, 0.3) is 0 Å². The fraction of sp³-hybridized carbons (Fsp3) is 0.650. The van der Waals surface area contributed by atoms with Crippen LogP contribution in [0.3, 0.4) is 0 Å². The van der Waals surface area contributed by atoms with Gasteiger partial charge in [-0.15, -0.1) is 0 Å². The Morgan fingerprint density at radius 3 is 2.40 bits per heavy atom. The van der Waals surface area contributed by atoms with E-state index in [1.54, 1.807) is 0 Å². The van der Waals surface area contributed by atoms with Crippen molar-refractivity contribution in [3.8, 4) is 0 Å². The molecule has 2 atom stereocenters. The molecule has 2 saturated heterocycles. The van der Waals surface area contributed by atoms with Gasteiger partial charge >= 0.3 is 6.03 Å². The summed E-state index contributed by atoms with van der Waals surface area (Å²) in [6, 6.07) is 10.1. The Morgan fingerprint density at radius 1 is 1.12 bits per heavy atom. The molecule has 0 bridgehead atoms. The van der Waals surface area contributed by atoms with Crippen molar-refractivity contribution in [2.24, 2.45) is 5.92 Å². The predicted molar refractivity (Wildman–Crippen MR) is 99.4 cm³/mol. The van der Waals surface area contributed by atoms with Gasteiger partial charge in [0.15, 0.2) is 0 Å². The van der Waals surface area contributed by atoms with Gasteiger partial charge in [-0.05, 0) is 38.2 Å². The molecular weight excluding hydrogens is 314 g/mol. The number of hydrogen-bond donors (Lipinski definition) is 1.